The standard InChI is InChI=1S/C17H17N3O/c1-12-8-9-14(6-4-10-18)15(11-12)17(21)20-16-7-3-5-13(2)19-16/h3,5,7-9,11H,10,18H2,1-2H3,(H,19,20,21). The minimum Gasteiger partial charge on any atom is -0.320 e. The van der Waals surface area contributed by atoms with Crippen molar-refractivity contribution in [3.8, 4) is 11.8 Å². The van der Waals surface area contributed by atoms with Crippen LogP contribution in [0.2, 0.25) is 0 Å². The first-order valence-electron chi connectivity index (χ1n) is 6.65. The van der Waals surface area contributed by atoms with Gasteiger partial charge >= 0.3 is 0 Å². The molecule has 2 rings (SSSR count). The van der Waals surface area contributed by atoms with E-state index >= 15 is 0 Å². The minimum atomic E-state index is -0.224. The summed E-state index contributed by atoms with van der Waals surface area (Å²) in [6.07, 6.45) is 0. The van der Waals surface area contributed by atoms with Crippen LogP contribution < -0.4 is 11.1 Å². The zero-order chi connectivity index (χ0) is 15.2. The molecule has 106 valence electrons. The summed E-state index contributed by atoms with van der Waals surface area (Å²) in [5.41, 5.74) is 8.42. The maximum Gasteiger partial charge on any atom is 0.258 e. The molecule has 0 atom stereocenters. The predicted molar refractivity (Wildman–Crippen MR) is 84.0 cm³/mol. The second-order valence-corrected chi connectivity index (χ2v) is 4.67. The van der Waals surface area contributed by atoms with E-state index in [1.54, 1.807) is 6.07 Å². The average molecular weight is 279 g/mol. The fourth-order valence-corrected chi connectivity index (χ4v) is 1.90. The van der Waals surface area contributed by atoms with Crippen molar-refractivity contribution in [3.05, 3.63) is 58.8 Å². The first-order chi connectivity index (χ1) is 10.1. The third-order valence-corrected chi connectivity index (χ3v) is 2.87. The van der Waals surface area contributed by atoms with Crippen molar-refractivity contribution in [2.75, 3.05) is 11.9 Å². The maximum atomic E-state index is 12.4. The Morgan fingerprint density at radius 1 is 1.29 bits per heavy atom. The van der Waals surface area contributed by atoms with Crippen molar-refractivity contribution in [1.82, 2.24) is 4.98 Å². The molecular formula is C17H17N3O. The Bertz CT molecular complexity index is 726. The molecule has 1 aromatic heterocycles. The van der Waals surface area contributed by atoms with E-state index in [-0.39, 0.29) is 12.5 Å². The molecule has 4 nitrogen and oxygen atoms in total. The highest BCUT2D eigenvalue weighted by Crippen LogP contribution is 2.13. The number of anilines is 1. The van der Waals surface area contributed by atoms with E-state index in [0.29, 0.717) is 16.9 Å². The van der Waals surface area contributed by atoms with Gasteiger partial charge in [-0.05, 0) is 38.1 Å². The van der Waals surface area contributed by atoms with Crippen molar-refractivity contribution in [3.63, 3.8) is 0 Å². The number of pyridine rings is 1. The number of rotatable bonds is 2. The van der Waals surface area contributed by atoms with E-state index in [1.807, 2.05) is 44.2 Å². The molecule has 0 aliphatic rings. The molecule has 2 aromatic rings. The van der Waals surface area contributed by atoms with Crippen molar-refractivity contribution in [2.45, 2.75) is 13.8 Å². The van der Waals surface area contributed by atoms with Gasteiger partial charge in [0.2, 0.25) is 0 Å². The molecule has 4 heteroatoms. The number of benzene rings is 1. The van der Waals surface area contributed by atoms with Gasteiger partial charge in [0, 0.05) is 11.3 Å². The molecule has 0 unspecified atom stereocenters. The molecule has 3 N–H and O–H groups in total. The topological polar surface area (TPSA) is 68.0 Å². The van der Waals surface area contributed by atoms with Crippen LogP contribution in [0, 0.1) is 25.7 Å². The van der Waals surface area contributed by atoms with Gasteiger partial charge in [-0.15, -0.1) is 0 Å². The van der Waals surface area contributed by atoms with Crippen molar-refractivity contribution in [1.29, 1.82) is 0 Å². The number of nitrogens with one attached hydrogen (secondary N) is 1. The summed E-state index contributed by atoms with van der Waals surface area (Å²) in [6, 6.07) is 11.0. The minimum absolute atomic E-state index is 0.224. The highest BCUT2D eigenvalue weighted by molar-refractivity contribution is 6.05. The Morgan fingerprint density at radius 3 is 2.81 bits per heavy atom. The summed E-state index contributed by atoms with van der Waals surface area (Å²) in [7, 11) is 0. The summed E-state index contributed by atoms with van der Waals surface area (Å²) in [6.45, 7) is 4.07. The number of nitrogens with two attached hydrogens (primary N) is 1. The van der Waals surface area contributed by atoms with Gasteiger partial charge in [0.25, 0.3) is 5.91 Å². The van der Waals surface area contributed by atoms with Gasteiger partial charge in [-0.2, -0.15) is 0 Å². The molecule has 0 spiro atoms. The fraction of sp³-hybridized carbons (Fsp3) is 0.176. The molecule has 1 heterocycles. The van der Waals surface area contributed by atoms with Gasteiger partial charge in [-0.1, -0.05) is 29.5 Å². The van der Waals surface area contributed by atoms with E-state index in [4.69, 9.17) is 5.73 Å². The molecule has 0 radical (unpaired) electrons. The normalized spacial score (nSPS) is 9.67. The predicted octanol–water partition coefficient (Wildman–Crippen LogP) is 2.26. The largest absolute Gasteiger partial charge is 0.320 e. The fourth-order valence-electron chi connectivity index (χ4n) is 1.90. The van der Waals surface area contributed by atoms with Gasteiger partial charge in [-0.3, -0.25) is 4.79 Å². The number of aromatic nitrogens is 1. The lowest BCUT2D eigenvalue weighted by Gasteiger charge is -2.08. The van der Waals surface area contributed by atoms with Gasteiger partial charge in [0.15, 0.2) is 0 Å². The average Bonchev–Trinajstić information content (AvgIpc) is 2.46. The number of nitrogens with zero attached hydrogens (tertiary/aromatic N) is 1. The molecule has 0 bridgehead atoms. The second kappa shape index (κ2) is 6.69. The summed E-state index contributed by atoms with van der Waals surface area (Å²) in [4.78, 5) is 16.7. The van der Waals surface area contributed by atoms with Gasteiger partial charge in [-0.25, -0.2) is 4.98 Å². The number of hydrogen-bond donors (Lipinski definition) is 2. The highest BCUT2D eigenvalue weighted by atomic mass is 16.1. The Hall–Kier alpha value is -2.64. The molecule has 1 aromatic carbocycles. The lowest BCUT2D eigenvalue weighted by Crippen LogP contribution is -2.15. The lowest BCUT2D eigenvalue weighted by molar-refractivity contribution is 0.102. The summed E-state index contributed by atoms with van der Waals surface area (Å²) in [5, 5.41) is 2.79. The van der Waals surface area contributed by atoms with Crippen LogP contribution in [0.1, 0.15) is 27.2 Å². The van der Waals surface area contributed by atoms with E-state index in [2.05, 4.69) is 22.1 Å². The quantitative estimate of drug-likeness (QED) is 0.829. The van der Waals surface area contributed by atoms with Crippen LogP contribution in [0.3, 0.4) is 0 Å². The van der Waals surface area contributed by atoms with Crippen LogP contribution >= 0.6 is 0 Å². The van der Waals surface area contributed by atoms with Crippen LogP contribution in [0.5, 0.6) is 0 Å². The Kier molecular flexibility index (Phi) is 4.70. The molecule has 0 saturated heterocycles. The molecule has 21 heavy (non-hydrogen) atoms. The molecule has 0 aliphatic heterocycles. The highest BCUT2D eigenvalue weighted by Gasteiger charge is 2.11. The van der Waals surface area contributed by atoms with Crippen LogP contribution in [0.25, 0.3) is 0 Å². The molecule has 0 aliphatic carbocycles. The van der Waals surface area contributed by atoms with Crippen LogP contribution in [0.4, 0.5) is 5.82 Å². The zero-order valence-corrected chi connectivity index (χ0v) is 12.1. The monoisotopic (exact) mass is 279 g/mol. The first-order valence-corrected chi connectivity index (χ1v) is 6.65. The number of carbonyl (C=O) groups is 1. The van der Waals surface area contributed by atoms with E-state index in [1.165, 1.54) is 0 Å². The Balaban J connectivity index is 2.32. The second-order valence-electron chi connectivity index (χ2n) is 4.67. The number of carbonyl (C=O) groups excluding carboxylic acids is 1. The van der Waals surface area contributed by atoms with E-state index in [9.17, 15) is 4.79 Å². The van der Waals surface area contributed by atoms with Crippen LogP contribution in [0.15, 0.2) is 36.4 Å². The van der Waals surface area contributed by atoms with E-state index in [0.717, 1.165) is 11.3 Å². The van der Waals surface area contributed by atoms with Gasteiger partial charge in [0.05, 0.1) is 12.1 Å². The van der Waals surface area contributed by atoms with Gasteiger partial charge < -0.3 is 11.1 Å². The lowest BCUT2D eigenvalue weighted by atomic mass is 10.0. The third kappa shape index (κ3) is 3.91. The van der Waals surface area contributed by atoms with Crippen molar-refractivity contribution in [2.24, 2.45) is 5.73 Å². The van der Waals surface area contributed by atoms with Crippen LogP contribution in [-0.2, 0) is 0 Å². The third-order valence-electron chi connectivity index (χ3n) is 2.87. The van der Waals surface area contributed by atoms with E-state index < -0.39 is 0 Å². The summed E-state index contributed by atoms with van der Waals surface area (Å²) in [5.74, 6) is 6.00. The summed E-state index contributed by atoms with van der Waals surface area (Å²) >= 11 is 0. The Labute approximate surface area is 124 Å². The number of amides is 1. The van der Waals surface area contributed by atoms with Gasteiger partial charge in [0.1, 0.15) is 5.82 Å². The SMILES string of the molecule is Cc1ccc(C#CCN)c(C(=O)Nc2cccc(C)n2)c1. The smallest absolute Gasteiger partial charge is 0.258 e. The number of hydrogen-bond acceptors (Lipinski definition) is 3. The molecule has 0 saturated carbocycles. The molecule has 0 fully saturated rings. The van der Waals surface area contributed by atoms with Crippen molar-refractivity contribution >= 4 is 11.7 Å². The van der Waals surface area contributed by atoms with Crippen LogP contribution in [-0.4, -0.2) is 17.4 Å². The zero-order valence-electron chi connectivity index (χ0n) is 12.1. The van der Waals surface area contributed by atoms with Crippen molar-refractivity contribution < 1.29 is 4.79 Å². The number of aryl methyl sites for hydroxylation is 2. The first kappa shape index (κ1) is 14.8. The summed E-state index contributed by atoms with van der Waals surface area (Å²) < 4.78 is 0. The maximum absolute atomic E-state index is 12.4. The Morgan fingerprint density at radius 2 is 2.10 bits per heavy atom. The molecule has 1 amide bonds. The molecular weight excluding hydrogens is 262 g/mol.